The Morgan fingerprint density at radius 1 is 1.62 bits per heavy atom. The van der Waals surface area contributed by atoms with Crippen molar-refractivity contribution < 1.29 is 9.90 Å². The summed E-state index contributed by atoms with van der Waals surface area (Å²) in [6.45, 7) is 3.80. The zero-order chi connectivity index (χ0) is 9.84. The largest absolute Gasteiger partial charge is 0.393 e. The first-order valence-electron chi connectivity index (χ1n) is 4.42. The Morgan fingerprint density at radius 2 is 2.31 bits per heavy atom. The second-order valence-electron chi connectivity index (χ2n) is 3.37. The van der Waals surface area contributed by atoms with E-state index in [1.165, 1.54) is 0 Å². The van der Waals surface area contributed by atoms with Crippen molar-refractivity contribution in [3.63, 3.8) is 0 Å². The second kappa shape index (κ2) is 4.63. The topological polar surface area (TPSA) is 49.3 Å². The number of carbonyl (C=O) groups is 1. The van der Waals surface area contributed by atoms with Crippen molar-refractivity contribution in [3.8, 4) is 0 Å². The van der Waals surface area contributed by atoms with E-state index in [0.717, 1.165) is 19.3 Å². The van der Waals surface area contributed by atoms with Crippen LogP contribution in [0.1, 0.15) is 19.3 Å². The number of hydrogen-bond acceptors (Lipinski definition) is 2. The molecule has 0 aromatic rings. The van der Waals surface area contributed by atoms with E-state index in [4.69, 9.17) is 11.6 Å². The molecule has 2 unspecified atom stereocenters. The maximum Gasteiger partial charge on any atom is 0.262 e. The van der Waals surface area contributed by atoms with Crippen molar-refractivity contribution in [2.75, 3.05) is 6.54 Å². The highest BCUT2D eigenvalue weighted by Crippen LogP contribution is 2.24. The van der Waals surface area contributed by atoms with E-state index in [9.17, 15) is 9.90 Å². The Kier molecular flexibility index (Phi) is 3.75. The van der Waals surface area contributed by atoms with Gasteiger partial charge in [0.2, 0.25) is 0 Å². The Bertz CT molecular complexity index is 218. The van der Waals surface area contributed by atoms with E-state index in [1.807, 2.05) is 0 Å². The Labute approximate surface area is 82.8 Å². The number of aliphatic hydroxyl groups is 1. The van der Waals surface area contributed by atoms with Crippen LogP contribution in [0.4, 0.5) is 0 Å². The summed E-state index contributed by atoms with van der Waals surface area (Å²) in [4.78, 5) is 11.0. The normalized spacial score (nSPS) is 27.2. The van der Waals surface area contributed by atoms with E-state index >= 15 is 0 Å². The van der Waals surface area contributed by atoms with E-state index in [-0.39, 0.29) is 23.0 Å². The summed E-state index contributed by atoms with van der Waals surface area (Å²) in [5.74, 6) is -0.166. The Hall–Kier alpha value is -0.540. The third kappa shape index (κ3) is 3.01. The number of aliphatic hydroxyl groups excluding tert-OH is 1. The molecule has 1 fully saturated rings. The molecular weight excluding hydrogens is 190 g/mol. The van der Waals surface area contributed by atoms with Gasteiger partial charge in [0.15, 0.2) is 0 Å². The lowest BCUT2D eigenvalue weighted by Crippen LogP contribution is -2.32. The molecule has 2 N–H and O–H groups in total. The summed E-state index contributed by atoms with van der Waals surface area (Å²) < 4.78 is 0. The van der Waals surface area contributed by atoms with Crippen LogP contribution >= 0.6 is 11.6 Å². The molecule has 0 saturated heterocycles. The number of amides is 1. The highest BCUT2D eigenvalue weighted by atomic mass is 35.5. The molecule has 0 aromatic carbocycles. The van der Waals surface area contributed by atoms with Crippen molar-refractivity contribution in [2.45, 2.75) is 25.4 Å². The minimum atomic E-state index is -0.347. The quantitative estimate of drug-likeness (QED) is 0.673. The fourth-order valence-corrected chi connectivity index (χ4v) is 1.64. The lowest BCUT2D eigenvalue weighted by Gasteiger charge is -2.14. The minimum Gasteiger partial charge on any atom is -0.393 e. The van der Waals surface area contributed by atoms with Crippen LogP contribution in [0.3, 0.4) is 0 Å². The molecule has 0 aromatic heterocycles. The molecule has 74 valence electrons. The van der Waals surface area contributed by atoms with E-state index in [0.29, 0.717) is 6.54 Å². The molecule has 1 aliphatic carbocycles. The number of carbonyl (C=O) groups excluding carboxylic acids is 1. The van der Waals surface area contributed by atoms with Crippen LogP contribution in [0.25, 0.3) is 0 Å². The van der Waals surface area contributed by atoms with Crippen LogP contribution in [0.15, 0.2) is 11.6 Å². The molecule has 2 atom stereocenters. The van der Waals surface area contributed by atoms with Crippen LogP contribution in [-0.2, 0) is 4.79 Å². The Balaban J connectivity index is 2.26. The lowest BCUT2D eigenvalue weighted by molar-refractivity contribution is -0.117. The standard InChI is InChI=1S/C9H14ClNO2/c1-6(10)9(13)11-5-7-3-2-4-8(7)12/h7-8,12H,1-5H2,(H,11,13). The number of nitrogens with one attached hydrogen (secondary N) is 1. The van der Waals surface area contributed by atoms with Crippen LogP contribution in [-0.4, -0.2) is 23.7 Å². The molecule has 1 amide bonds. The SMILES string of the molecule is C=C(Cl)C(=O)NCC1CCCC1O. The maximum absolute atomic E-state index is 11.0. The van der Waals surface area contributed by atoms with Gasteiger partial charge in [0.25, 0.3) is 5.91 Å². The van der Waals surface area contributed by atoms with Crippen molar-refractivity contribution in [1.82, 2.24) is 5.32 Å². The molecule has 4 heteroatoms. The molecule has 13 heavy (non-hydrogen) atoms. The van der Waals surface area contributed by atoms with Crippen molar-refractivity contribution in [2.24, 2.45) is 5.92 Å². The van der Waals surface area contributed by atoms with Gasteiger partial charge in [0.05, 0.1) is 11.1 Å². The summed E-state index contributed by atoms with van der Waals surface area (Å²) >= 11 is 5.38. The smallest absolute Gasteiger partial charge is 0.262 e. The molecule has 1 aliphatic rings. The van der Waals surface area contributed by atoms with Gasteiger partial charge < -0.3 is 10.4 Å². The highest BCUT2D eigenvalue weighted by Gasteiger charge is 2.25. The minimum absolute atomic E-state index is 0.00696. The van der Waals surface area contributed by atoms with E-state index in [2.05, 4.69) is 11.9 Å². The maximum atomic E-state index is 11.0. The average molecular weight is 204 g/mol. The third-order valence-corrected chi connectivity index (χ3v) is 2.56. The fourth-order valence-electron chi connectivity index (χ4n) is 1.58. The zero-order valence-corrected chi connectivity index (χ0v) is 8.18. The number of halogens is 1. The first-order valence-corrected chi connectivity index (χ1v) is 4.79. The van der Waals surface area contributed by atoms with Crippen molar-refractivity contribution >= 4 is 17.5 Å². The zero-order valence-electron chi connectivity index (χ0n) is 7.42. The van der Waals surface area contributed by atoms with Crippen LogP contribution < -0.4 is 5.32 Å². The summed E-state index contributed by atoms with van der Waals surface area (Å²) in [5.41, 5.74) is 0. The molecule has 0 heterocycles. The van der Waals surface area contributed by atoms with E-state index < -0.39 is 0 Å². The monoisotopic (exact) mass is 203 g/mol. The molecule has 1 saturated carbocycles. The molecule has 0 aliphatic heterocycles. The van der Waals surface area contributed by atoms with E-state index in [1.54, 1.807) is 0 Å². The summed E-state index contributed by atoms with van der Waals surface area (Å²) in [5, 5.41) is 12.1. The number of rotatable bonds is 3. The first-order chi connectivity index (χ1) is 6.11. The molecule has 0 radical (unpaired) electrons. The van der Waals surface area contributed by atoms with Gasteiger partial charge >= 0.3 is 0 Å². The van der Waals surface area contributed by atoms with Gasteiger partial charge in [-0.25, -0.2) is 0 Å². The first kappa shape index (κ1) is 10.5. The lowest BCUT2D eigenvalue weighted by atomic mass is 10.1. The molecule has 3 nitrogen and oxygen atoms in total. The molecular formula is C9H14ClNO2. The second-order valence-corrected chi connectivity index (χ2v) is 3.83. The van der Waals surface area contributed by atoms with Crippen LogP contribution in [0, 0.1) is 5.92 Å². The predicted octanol–water partition coefficient (Wildman–Crippen LogP) is 1.02. The van der Waals surface area contributed by atoms with Gasteiger partial charge in [0, 0.05) is 12.5 Å². The van der Waals surface area contributed by atoms with Gasteiger partial charge in [-0.05, 0) is 12.8 Å². The summed E-state index contributed by atoms with van der Waals surface area (Å²) in [6, 6.07) is 0. The third-order valence-electron chi connectivity index (χ3n) is 2.39. The van der Waals surface area contributed by atoms with Crippen LogP contribution in [0.5, 0.6) is 0 Å². The Morgan fingerprint density at radius 3 is 2.77 bits per heavy atom. The number of hydrogen-bond donors (Lipinski definition) is 2. The van der Waals surface area contributed by atoms with Gasteiger partial charge in [-0.2, -0.15) is 0 Å². The van der Waals surface area contributed by atoms with Gasteiger partial charge in [-0.3, -0.25) is 4.79 Å². The highest BCUT2D eigenvalue weighted by molar-refractivity contribution is 6.41. The summed E-state index contributed by atoms with van der Waals surface area (Å²) in [6.07, 6.45) is 2.56. The van der Waals surface area contributed by atoms with Crippen LogP contribution in [0.2, 0.25) is 0 Å². The van der Waals surface area contributed by atoms with Gasteiger partial charge in [-0.1, -0.05) is 24.6 Å². The fraction of sp³-hybridized carbons (Fsp3) is 0.667. The average Bonchev–Trinajstić information content (AvgIpc) is 2.47. The summed E-state index contributed by atoms with van der Waals surface area (Å²) in [7, 11) is 0. The molecule has 1 rings (SSSR count). The van der Waals surface area contributed by atoms with Crippen molar-refractivity contribution in [3.05, 3.63) is 11.6 Å². The predicted molar refractivity (Wildman–Crippen MR) is 51.4 cm³/mol. The van der Waals surface area contributed by atoms with Gasteiger partial charge in [0.1, 0.15) is 0 Å². The molecule has 0 bridgehead atoms. The van der Waals surface area contributed by atoms with Gasteiger partial charge in [-0.15, -0.1) is 0 Å². The van der Waals surface area contributed by atoms with Crippen molar-refractivity contribution in [1.29, 1.82) is 0 Å². The molecule has 0 spiro atoms.